The molecule has 3 nitrogen and oxygen atoms in total. The van der Waals surface area contributed by atoms with E-state index >= 15 is 0 Å². The highest BCUT2D eigenvalue weighted by Crippen LogP contribution is 2.35. The van der Waals surface area contributed by atoms with Crippen molar-refractivity contribution in [3.05, 3.63) is 64.6 Å². The summed E-state index contributed by atoms with van der Waals surface area (Å²) < 4.78 is 1.78. The minimum Gasteiger partial charge on any atom is -0.316 e. The van der Waals surface area contributed by atoms with Gasteiger partial charge in [-0.1, -0.05) is 24.3 Å². The number of thioether (sulfide) groups is 1. The van der Waals surface area contributed by atoms with Crippen molar-refractivity contribution in [2.24, 2.45) is 0 Å². The van der Waals surface area contributed by atoms with Crippen molar-refractivity contribution < 1.29 is 0 Å². The SMILES string of the molecule is O=c1ccccn1CCCCNC1CCSc2ccccc21. The van der Waals surface area contributed by atoms with Gasteiger partial charge in [0.05, 0.1) is 0 Å². The Balaban J connectivity index is 1.45. The van der Waals surface area contributed by atoms with Gasteiger partial charge in [-0.2, -0.15) is 0 Å². The van der Waals surface area contributed by atoms with Crippen LogP contribution in [0.2, 0.25) is 0 Å². The van der Waals surface area contributed by atoms with Crippen molar-refractivity contribution in [2.75, 3.05) is 12.3 Å². The maximum Gasteiger partial charge on any atom is 0.250 e. The number of pyridine rings is 1. The number of fused-ring (bicyclic) bond motifs is 1. The second-order valence-electron chi connectivity index (χ2n) is 5.62. The average molecular weight is 314 g/mol. The number of aromatic nitrogens is 1. The Kier molecular flexibility index (Phi) is 5.35. The van der Waals surface area contributed by atoms with Crippen molar-refractivity contribution >= 4 is 11.8 Å². The largest absolute Gasteiger partial charge is 0.316 e. The summed E-state index contributed by atoms with van der Waals surface area (Å²) in [5.74, 6) is 1.19. The second-order valence-corrected chi connectivity index (χ2v) is 6.76. The Hall–Kier alpha value is -1.52. The Labute approximate surface area is 135 Å². The van der Waals surface area contributed by atoms with Crippen LogP contribution >= 0.6 is 11.8 Å². The van der Waals surface area contributed by atoms with E-state index in [9.17, 15) is 4.79 Å². The number of rotatable bonds is 6. The van der Waals surface area contributed by atoms with E-state index < -0.39 is 0 Å². The van der Waals surface area contributed by atoms with Crippen LogP contribution in [-0.2, 0) is 6.54 Å². The zero-order valence-electron chi connectivity index (χ0n) is 12.7. The number of aryl methyl sites for hydroxylation is 1. The molecule has 116 valence electrons. The molecule has 0 spiro atoms. The van der Waals surface area contributed by atoms with Gasteiger partial charge in [0.25, 0.3) is 0 Å². The van der Waals surface area contributed by atoms with Crippen LogP contribution in [0.25, 0.3) is 0 Å². The monoisotopic (exact) mass is 314 g/mol. The van der Waals surface area contributed by atoms with E-state index in [-0.39, 0.29) is 5.56 Å². The highest BCUT2D eigenvalue weighted by molar-refractivity contribution is 7.99. The van der Waals surface area contributed by atoms with E-state index in [1.165, 1.54) is 22.6 Å². The predicted octanol–water partition coefficient (Wildman–Crippen LogP) is 3.46. The summed E-state index contributed by atoms with van der Waals surface area (Å²) in [6, 6.07) is 14.5. The molecule has 2 heterocycles. The van der Waals surface area contributed by atoms with Gasteiger partial charge in [-0.3, -0.25) is 4.79 Å². The molecule has 0 fully saturated rings. The zero-order chi connectivity index (χ0) is 15.2. The minimum absolute atomic E-state index is 0.0914. The van der Waals surface area contributed by atoms with E-state index in [4.69, 9.17) is 0 Å². The highest BCUT2D eigenvalue weighted by Gasteiger charge is 2.19. The first kappa shape index (κ1) is 15.4. The Morgan fingerprint density at radius 3 is 2.91 bits per heavy atom. The lowest BCUT2D eigenvalue weighted by molar-refractivity contribution is 0.482. The first-order valence-electron chi connectivity index (χ1n) is 7.95. The van der Waals surface area contributed by atoms with Crippen LogP contribution in [0.3, 0.4) is 0 Å². The third-order valence-electron chi connectivity index (χ3n) is 4.07. The number of benzene rings is 1. The number of hydrogen-bond donors (Lipinski definition) is 1. The van der Waals surface area contributed by atoms with Crippen LogP contribution in [-0.4, -0.2) is 16.9 Å². The quantitative estimate of drug-likeness (QED) is 0.829. The topological polar surface area (TPSA) is 34.0 Å². The van der Waals surface area contributed by atoms with Gasteiger partial charge in [-0.25, -0.2) is 0 Å². The standard InChI is InChI=1S/C18H22N2OS/c21-18-9-3-5-12-20(18)13-6-4-11-19-16-10-14-22-17-8-2-1-7-15(16)17/h1-3,5,7-9,12,16,19H,4,6,10-11,13-14H2. The van der Waals surface area contributed by atoms with E-state index in [0.717, 1.165) is 25.9 Å². The molecule has 0 radical (unpaired) electrons. The lowest BCUT2D eigenvalue weighted by Gasteiger charge is -2.26. The van der Waals surface area contributed by atoms with Crippen molar-refractivity contribution in [2.45, 2.75) is 36.7 Å². The maximum absolute atomic E-state index is 11.6. The number of unbranched alkanes of at least 4 members (excludes halogenated alkanes) is 1. The predicted molar refractivity (Wildman–Crippen MR) is 92.5 cm³/mol. The van der Waals surface area contributed by atoms with Crippen LogP contribution in [0.4, 0.5) is 0 Å². The van der Waals surface area contributed by atoms with Crippen molar-refractivity contribution in [3.63, 3.8) is 0 Å². The van der Waals surface area contributed by atoms with Gasteiger partial charge < -0.3 is 9.88 Å². The maximum atomic E-state index is 11.6. The molecule has 1 unspecified atom stereocenters. The molecule has 2 aromatic rings. The average Bonchev–Trinajstić information content (AvgIpc) is 2.56. The summed E-state index contributed by atoms with van der Waals surface area (Å²) >= 11 is 1.96. The molecule has 1 atom stereocenters. The Morgan fingerprint density at radius 1 is 1.14 bits per heavy atom. The lowest BCUT2D eigenvalue weighted by atomic mass is 10.0. The molecular formula is C18H22N2OS. The van der Waals surface area contributed by atoms with Gasteiger partial charge in [-0.15, -0.1) is 11.8 Å². The van der Waals surface area contributed by atoms with Gasteiger partial charge in [-0.05, 0) is 49.3 Å². The fourth-order valence-electron chi connectivity index (χ4n) is 2.88. The molecule has 0 aliphatic carbocycles. The molecule has 4 heteroatoms. The van der Waals surface area contributed by atoms with Gasteiger partial charge >= 0.3 is 0 Å². The zero-order valence-corrected chi connectivity index (χ0v) is 13.5. The molecule has 0 saturated heterocycles. The number of nitrogens with one attached hydrogen (secondary N) is 1. The van der Waals surface area contributed by atoms with Crippen LogP contribution < -0.4 is 10.9 Å². The second kappa shape index (κ2) is 7.65. The van der Waals surface area contributed by atoms with Crippen LogP contribution in [0, 0.1) is 0 Å². The molecule has 1 aliphatic heterocycles. The number of nitrogens with zero attached hydrogens (tertiary/aromatic N) is 1. The Morgan fingerprint density at radius 2 is 2.00 bits per heavy atom. The van der Waals surface area contributed by atoms with E-state index in [0.29, 0.717) is 6.04 Å². The number of hydrogen-bond acceptors (Lipinski definition) is 3. The van der Waals surface area contributed by atoms with Crippen molar-refractivity contribution in [1.29, 1.82) is 0 Å². The molecule has 1 aromatic carbocycles. The van der Waals surface area contributed by atoms with Gasteiger partial charge in [0.15, 0.2) is 0 Å². The molecular weight excluding hydrogens is 292 g/mol. The van der Waals surface area contributed by atoms with Gasteiger partial charge in [0, 0.05) is 29.7 Å². The Bertz CT molecular complexity index is 668. The molecule has 3 rings (SSSR count). The fraction of sp³-hybridized carbons (Fsp3) is 0.389. The molecule has 1 aromatic heterocycles. The van der Waals surface area contributed by atoms with E-state index in [1.807, 2.05) is 24.0 Å². The van der Waals surface area contributed by atoms with Crippen molar-refractivity contribution in [3.8, 4) is 0 Å². The summed E-state index contributed by atoms with van der Waals surface area (Å²) in [6.45, 7) is 1.81. The summed E-state index contributed by atoms with van der Waals surface area (Å²) in [5, 5.41) is 3.68. The van der Waals surface area contributed by atoms with Crippen LogP contribution in [0.5, 0.6) is 0 Å². The lowest BCUT2D eigenvalue weighted by Crippen LogP contribution is -2.26. The van der Waals surface area contributed by atoms with Crippen LogP contribution in [0.1, 0.15) is 30.9 Å². The molecule has 0 saturated carbocycles. The first-order valence-corrected chi connectivity index (χ1v) is 8.94. The summed E-state index contributed by atoms with van der Waals surface area (Å²) in [7, 11) is 0. The summed E-state index contributed by atoms with van der Waals surface area (Å²) in [6.07, 6.45) is 5.18. The first-order chi connectivity index (χ1) is 10.8. The van der Waals surface area contributed by atoms with Gasteiger partial charge in [0.1, 0.15) is 0 Å². The molecule has 22 heavy (non-hydrogen) atoms. The third-order valence-corrected chi connectivity index (χ3v) is 5.20. The molecule has 1 aliphatic rings. The third kappa shape index (κ3) is 3.81. The molecule has 1 N–H and O–H groups in total. The van der Waals surface area contributed by atoms with E-state index in [2.05, 4.69) is 29.6 Å². The summed E-state index contributed by atoms with van der Waals surface area (Å²) in [5.41, 5.74) is 1.53. The summed E-state index contributed by atoms with van der Waals surface area (Å²) in [4.78, 5) is 13.0. The molecule has 0 bridgehead atoms. The normalized spacial score (nSPS) is 17.2. The van der Waals surface area contributed by atoms with Gasteiger partial charge in [0.2, 0.25) is 5.56 Å². The fourth-order valence-corrected chi connectivity index (χ4v) is 4.01. The molecule has 0 amide bonds. The van der Waals surface area contributed by atoms with Crippen molar-refractivity contribution in [1.82, 2.24) is 9.88 Å². The van der Waals surface area contributed by atoms with Crippen LogP contribution in [0.15, 0.2) is 58.4 Å². The highest BCUT2D eigenvalue weighted by atomic mass is 32.2. The smallest absolute Gasteiger partial charge is 0.250 e. The van der Waals surface area contributed by atoms with E-state index in [1.54, 1.807) is 16.7 Å². The minimum atomic E-state index is 0.0914.